The summed E-state index contributed by atoms with van der Waals surface area (Å²) in [6.45, 7) is 3.47. The molecular formula is C25H19ClFNO3. The lowest BCUT2D eigenvalue weighted by Crippen LogP contribution is -2.29. The van der Waals surface area contributed by atoms with E-state index in [1.54, 1.807) is 37.3 Å². The molecule has 3 aromatic rings. The Kier molecular flexibility index (Phi) is 5.38. The van der Waals surface area contributed by atoms with Crippen molar-refractivity contribution in [3.8, 4) is 0 Å². The minimum Gasteiger partial charge on any atom is -0.507 e. The van der Waals surface area contributed by atoms with Crippen LogP contribution in [0.3, 0.4) is 0 Å². The van der Waals surface area contributed by atoms with Crippen LogP contribution in [0.25, 0.3) is 5.76 Å². The van der Waals surface area contributed by atoms with Crippen molar-refractivity contribution in [3.63, 3.8) is 0 Å². The fourth-order valence-electron chi connectivity index (χ4n) is 3.83. The molecule has 1 fully saturated rings. The number of carbonyl (C=O) groups excluding carboxylic acids is 2. The maximum absolute atomic E-state index is 13.7. The SMILES string of the molecule is Cc1cccc(C2/C(=C(\O)c3ccc(F)c(C)c3)C(=O)C(=O)N2c2cccc(Cl)c2)c1. The van der Waals surface area contributed by atoms with Gasteiger partial charge in [0, 0.05) is 16.3 Å². The number of Topliss-reactive ketones (excluding diaryl/α,β-unsaturated/α-hetero) is 1. The summed E-state index contributed by atoms with van der Waals surface area (Å²) in [6.07, 6.45) is 0. The second-order valence-electron chi connectivity index (χ2n) is 7.53. The number of benzene rings is 3. The van der Waals surface area contributed by atoms with Crippen LogP contribution in [-0.4, -0.2) is 16.8 Å². The third-order valence-corrected chi connectivity index (χ3v) is 5.56. The van der Waals surface area contributed by atoms with Crippen LogP contribution < -0.4 is 4.90 Å². The maximum Gasteiger partial charge on any atom is 0.300 e. The highest BCUT2D eigenvalue weighted by Gasteiger charge is 2.47. The fraction of sp³-hybridized carbons (Fsp3) is 0.120. The van der Waals surface area contributed by atoms with Gasteiger partial charge >= 0.3 is 0 Å². The maximum atomic E-state index is 13.7. The molecule has 156 valence electrons. The van der Waals surface area contributed by atoms with Crippen molar-refractivity contribution in [1.29, 1.82) is 0 Å². The molecular weight excluding hydrogens is 417 g/mol. The van der Waals surface area contributed by atoms with Crippen molar-refractivity contribution in [2.75, 3.05) is 4.90 Å². The number of aliphatic hydroxyl groups is 1. The Bertz CT molecular complexity index is 1250. The first kappa shape index (κ1) is 20.8. The first-order chi connectivity index (χ1) is 14.8. The summed E-state index contributed by atoms with van der Waals surface area (Å²) in [5, 5.41) is 11.5. The van der Waals surface area contributed by atoms with E-state index in [0.717, 1.165) is 5.56 Å². The number of aryl methyl sites for hydroxylation is 2. The number of anilines is 1. The monoisotopic (exact) mass is 435 g/mol. The van der Waals surface area contributed by atoms with Crippen molar-refractivity contribution in [3.05, 3.63) is 105 Å². The van der Waals surface area contributed by atoms with Crippen molar-refractivity contribution >= 4 is 34.7 Å². The summed E-state index contributed by atoms with van der Waals surface area (Å²) in [6, 6.07) is 17.2. The van der Waals surface area contributed by atoms with Crippen molar-refractivity contribution < 1.29 is 19.1 Å². The zero-order chi connectivity index (χ0) is 22.3. The molecule has 1 saturated heterocycles. The molecule has 31 heavy (non-hydrogen) atoms. The zero-order valence-electron chi connectivity index (χ0n) is 16.9. The van der Waals surface area contributed by atoms with E-state index in [4.69, 9.17) is 11.6 Å². The smallest absolute Gasteiger partial charge is 0.300 e. The molecule has 0 radical (unpaired) electrons. The number of hydrogen-bond donors (Lipinski definition) is 1. The normalized spacial score (nSPS) is 17.9. The zero-order valence-corrected chi connectivity index (χ0v) is 17.7. The summed E-state index contributed by atoms with van der Waals surface area (Å²) in [7, 11) is 0. The van der Waals surface area contributed by atoms with E-state index in [1.165, 1.54) is 23.1 Å². The molecule has 3 aromatic carbocycles. The van der Waals surface area contributed by atoms with Crippen LogP contribution in [0.5, 0.6) is 0 Å². The summed E-state index contributed by atoms with van der Waals surface area (Å²) < 4.78 is 13.7. The van der Waals surface area contributed by atoms with Crippen LogP contribution in [0, 0.1) is 19.7 Å². The molecule has 1 aliphatic rings. The van der Waals surface area contributed by atoms with Crippen molar-refractivity contribution in [2.45, 2.75) is 19.9 Å². The molecule has 1 N–H and O–H groups in total. The molecule has 1 atom stereocenters. The van der Waals surface area contributed by atoms with Gasteiger partial charge in [0.15, 0.2) is 0 Å². The number of rotatable bonds is 3. The number of nitrogens with zero attached hydrogens (tertiary/aromatic N) is 1. The molecule has 0 bridgehead atoms. The predicted octanol–water partition coefficient (Wildman–Crippen LogP) is 5.72. The first-order valence-electron chi connectivity index (χ1n) is 9.67. The topological polar surface area (TPSA) is 57.6 Å². The minimum absolute atomic E-state index is 0.0541. The van der Waals surface area contributed by atoms with E-state index in [0.29, 0.717) is 21.8 Å². The molecule has 0 aliphatic carbocycles. The number of carbonyl (C=O) groups is 2. The Morgan fingerprint density at radius 3 is 2.42 bits per heavy atom. The minimum atomic E-state index is -0.858. The molecule has 0 aromatic heterocycles. The molecule has 4 rings (SSSR count). The van der Waals surface area contributed by atoms with Gasteiger partial charge in [-0.05, 0) is 61.4 Å². The van der Waals surface area contributed by atoms with Gasteiger partial charge in [-0.1, -0.05) is 47.5 Å². The Morgan fingerprint density at radius 2 is 1.74 bits per heavy atom. The van der Waals surface area contributed by atoms with Gasteiger partial charge < -0.3 is 5.11 Å². The third-order valence-electron chi connectivity index (χ3n) is 5.32. The van der Waals surface area contributed by atoms with Crippen molar-refractivity contribution in [1.82, 2.24) is 0 Å². The Hall–Kier alpha value is -3.44. The number of aliphatic hydroxyl groups excluding tert-OH is 1. The largest absolute Gasteiger partial charge is 0.507 e. The third kappa shape index (κ3) is 3.73. The Labute approximate surface area is 184 Å². The van der Waals surface area contributed by atoms with Crippen LogP contribution >= 0.6 is 11.6 Å². The van der Waals surface area contributed by atoms with E-state index < -0.39 is 23.5 Å². The molecule has 4 nitrogen and oxygen atoms in total. The number of ketones is 1. The first-order valence-corrected chi connectivity index (χ1v) is 10.1. The van der Waals surface area contributed by atoms with Gasteiger partial charge in [-0.25, -0.2) is 4.39 Å². The Balaban J connectivity index is 1.97. The quantitative estimate of drug-likeness (QED) is 0.325. The lowest BCUT2D eigenvalue weighted by molar-refractivity contribution is -0.132. The standard InChI is InChI=1S/C25H19ClFNO3/c1-14-5-3-6-16(11-14)22-21(23(29)17-9-10-20(27)15(2)12-17)24(30)25(31)28(22)19-8-4-7-18(26)13-19/h3-13,22,29H,1-2H3/b23-21+. The highest BCUT2D eigenvalue weighted by atomic mass is 35.5. The summed E-state index contributed by atoms with van der Waals surface area (Å²) in [4.78, 5) is 27.5. The number of halogens is 2. The summed E-state index contributed by atoms with van der Waals surface area (Å²) in [5.41, 5.74) is 2.57. The summed E-state index contributed by atoms with van der Waals surface area (Å²) in [5.74, 6) is -2.36. The molecule has 1 unspecified atom stereocenters. The fourth-order valence-corrected chi connectivity index (χ4v) is 4.01. The lowest BCUT2D eigenvalue weighted by atomic mass is 9.94. The number of amides is 1. The average molecular weight is 436 g/mol. The van der Waals surface area contributed by atoms with Crippen LogP contribution in [0.4, 0.5) is 10.1 Å². The van der Waals surface area contributed by atoms with Crippen LogP contribution in [0.15, 0.2) is 72.3 Å². The molecule has 0 saturated carbocycles. The molecule has 0 spiro atoms. The predicted molar refractivity (Wildman–Crippen MR) is 119 cm³/mol. The molecule has 1 heterocycles. The van der Waals surface area contributed by atoms with E-state index >= 15 is 0 Å². The van der Waals surface area contributed by atoms with Gasteiger partial charge in [-0.15, -0.1) is 0 Å². The van der Waals surface area contributed by atoms with E-state index in [2.05, 4.69) is 0 Å². The lowest BCUT2D eigenvalue weighted by Gasteiger charge is -2.26. The molecule has 1 amide bonds. The van der Waals surface area contributed by atoms with Gasteiger partial charge in [-0.2, -0.15) is 0 Å². The van der Waals surface area contributed by atoms with Gasteiger partial charge in [0.2, 0.25) is 0 Å². The van der Waals surface area contributed by atoms with E-state index in [9.17, 15) is 19.1 Å². The molecule has 1 aliphatic heterocycles. The second-order valence-corrected chi connectivity index (χ2v) is 7.96. The van der Waals surface area contributed by atoms with E-state index in [-0.39, 0.29) is 16.9 Å². The van der Waals surface area contributed by atoms with Crippen molar-refractivity contribution in [2.24, 2.45) is 0 Å². The van der Waals surface area contributed by atoms with Gasteiger partial charge in [0.05, 0.1) is 11.6 Å². The van der Waals surface area contributed by atoms with Crippen LogP contribution in [-0.2, 0) is 9.59 Å². The summed E-state index contributed by atoms with van der Waals surface area (Å²) >= 11 is 6.13. The highest BCUT2D eigenvalue weighted by Crippen LogP contribution is 2.42. The van der Waals surface area contributed by atoms with Gasteiger partial charge in [0.25, 0.3) is 11.7 Å². The second kappa shape index (κ2) is 8.00. The van der Waals surface area contributed by atoms with Gasteiger partial charge in [-0.3, -0.25) is 14.5 Å². The highest BCUT2D eigenvalue weighted by molar-refractivity contribution is 6.51. The number of hydrogen-bond acceptors (Lipinski definition) is 3. The average Bonchev–Trinajstić information content (AvgIpc) is 3.00. The van der Waals surface area contributed by atoms with E-state index in [1.807, 2.05) is 25.1 Å². The van der Waals surface area contributed by atoms with Crippen LogP contribution in [0.1, 0.15) is 28.3 Å². The Morgan fingerprint density at radius 1 is 1.00 bits per heavy atom. The molecule has 6 heteroatoms. The van der Waals surface area contributed by atoms with Crippen LogP contribution in [0.2, 0.25) is 5.02 Å². The van der Waals surface area contributed by atoms with Gasteiger partial charge in [0.1, 0.15) is 11.6 Å².